The number of rotatable bonds is 5. The molecule has 0 heterocycles. The van der Waals surface area contributed by atoms with Gasteiger partial charge in [-0.3, -0.25) is 9.36 Å². The molecule has 0 aliphatic rings. The molecule has 0 fully saturated rings. The second-order valence-corrected chi connectivity index (χ2v) is 6.23. The van der Waals surface area contributed by atoms with E-state index in [-0.39, 0.29) is 0 Å². The SMILES string of the molecule is COC(C)(C)C(C)(C)C(=O)CP(=O)(O)O. The number of hydrogen-bond donors (Lipinski definition) is 2. The fraction of sp³-hybridized carbons (Fsp3) is 0.889. The fourth-order valence-electron chi connectivity index (χ4n) is 0.976. The molecule has 0 aromatic rings. The molecule has 0 bridgehead atoms. The van der Waals surface area contributed by atoms with Crippen molar-refractivity contribution in [2.24, 2.45) is 5.41 Å². The van der Waals surface area contributed by atoms with Gasteiger partial charge in [-0.1, -0.05) is 13.8 Å². The Labute approximate surface area is 90.0 Å². The van der Waals surface area contributed by atoms with Crippen molar-refractivity contribution in [1.29, 1.82) is 0 Å². The lowest BCUT2D eigenvalue weighted by molar-refractivity contribution is -0.141. The lowest BCUT2D eigenvalue weighted by Crippen LogP contribution is -2.47. The van der Waals surface area contributed by atoms with Crippen LogP contribution >= 0.6 is 7.60 Å². The van der Waals surface area contributed by atoms with Gasteiger partial charge in [0.15, 0.2) is 5.78 Å². The summed E-state index contributed by atoms with van der Waals surface area (Å²) in [6, 6.07) is 0. The number of methoxy groups -OCH3 is 1. The third-order valence-electron chi connectivity index (χ3n) is 3.06. The zero-order valence-corrected chi connectivity index (χ0v) is 10.7. The number of ether oxygens (including phenoxy) is 1. The summed E-state index contributed by atoms with van der Waals surface area (Å²) >= 11 is 0. The minimum absolute atomic E-state index is 0.498. The molecule has 5 nitrogen and oxygen atoms in total. The highest BCUT2D eigenvalue weighted by Gasteiger charge is 2.44. The van der Waals surface area contributed by atoms with Crippen LogP contribution in [0.15, 0.2) is 0 Å². The van der Waals surface area contributed by atoms with Crippen molar-refractivity contribution in [1.82, 2.24) is 0 Å². The zero-order chi connectivity index (χ0) is 12.5. The first-order valence-corrected chi connectivity index (χ1v) is 6.37. The van der Waals surface area contributed by atoms with Gasteiger partial charge in [-0.05, 0) is 13.8 Å². The molecular weight excluding hydrogens is 219 g/mol. The molecular formula is C9H19O5P. The lowest BCUT2D eigenvalue weighted by atomic mass is 9.74. The number of hydrogen-bond acceptors (Lipinski definition) is 3. The smallest absolute Gasteiger partial charge is 0.332 e. The Balaban J connectivity index is 4.90. The number of Topliss-reactive ketones (excluding diaryl/α,β-unsaturated/α-hetero) is 1. The largest absolute Gasteiger partial charge is 0.378 e. The molecule has 15 heavy (non-hydrogen) atoms. The van der Waals surface area contributed by atoms with Crippen molar-refractivity contribution in [2.75, 3.05) is 13.3 Å². The molecule has 0 rings (SSSR count). The Morgan fingerprint density at radius 1 is 1.27 bits per heavy atom. The van der Waals surface area contributed by atoms with E-state index < -0.39 is 30.6 Å². The number of carbonyl (C=O) groups excluding carboxylic acids is 1. The van der Waals surface area contributed by atoms with Gasteiger partial charge >= 0.3 is 7.60 Å². The highest BCUT2D eigenvalue weighted by molar-refractivity contribution is 7.52. The first-order chi connectivity index (χ1) is 6.44. The van der Waals surface area contributed by atoms with E-state index in [2.05, 4.69) is 0 Å². The van der Waals surface area contributed by atoms with Crippen molar-refractivity contribution in [3.63, 3.8) is 0 Å². The Kier molecular flexibility index (Phi) is 4.27. The van der Waals surface area contributed by atoms with Gasteiger partial charge in [-0.2, -0.15) is 0 Å². The van der Waals surface area contributed by atoms with Crippen molar-refractivity contribution >= 4 is 13.4 Å². The molecule has 0 spiro atoms. The van der Waals surface area contributed by atoms with Crippen LogP contribution in [-0.4, -0.2) is 34.4 Å². The average molecular weight is 238 g/mol. The van der Waals surface area contributed by atoms with Gasteiger partial charge in [0, 0.05) is 7.11 Å². The maximum Gasteiger partial charge on any atom is 0.332 e. The molecule has 0 aromatic carbocycles. The van der Waals surface area contributed by atoms with E-state index in [4.69, 9.17) is 14.5 Å². The summed E-state index contributed by atoms with van der Waals surface area (Å²) in [4.78, 5) is 29.2. The quantitative estimate of drug-likeness (QED) is 0.703. The van der Waals surface area contributed by atoms with Crippen molar-refractivity contribution in [3.8, 4) is 0 Å². The predicted molar refractivity (Wildman–Crippen MR) is 56.8 cm³/mol. The van der Waals surface area contributed by atoms with Gasteiger partial charge in [0.2, 0.25) is 0 Å². The summed E-state index contributed by atoms with van der Waals surface area (Å²) in [7, 11) is -2.84. The molecule has 0 saturated heterocycles. The van der Waals surface area contributed by atoms with Crippen molar-refractivity contribution in [3.05, 3.63) is 0 Å². The van der Waals surface area contributed by atoms with Gasteiger partial charge < -0.3 is 14.5 Å². The molecule has 0 aromatic heterocycles. The standard InChI is InChI=1S/C9H19O5P/c1-8(2,9(3,4)14-5)7(10)6-15(11,12)13/h6H2,1-5H3,(H2,11,12,13). The summed E-state index contributed by atoms with van der Waals surface area (Å²) in [6.45, 7) is 6.66. The summed E-state index contributed by atoms with van der Waals surface area (Å²) in [6.07, 6.45) is -0.743. The Hall–Kier alpha value is -0.220. The Morgan fingerprint density at radius 2 is 1.67 bits per heavy atom. The van der Waals surface area contributed by atoms with Crippen LogP contribution in [-0.2, 0) is 14.1 Å². The Morgan fingerprint density at radius 3 is 1.93 bits per heavy atom. The molecule has 0 radical (unpaired) electrons. The highest BCUT2D eigenvalue weighted by Crippen LogP contribution is 2.41. The van der Waals surface area contributed by atoms with Crippen LogP contribution in [0.1, 0.15) is 27.7 Å². The topological polar surface area (TPSA) is 83.8 Å². The monoisotopic (exact) mass is 238 g/mol. The van der Waals surface area contributed by atoms with Crippen LogP contribution in [0.2, 0.25) is 0 Å². The van der Waals surface area contributed by atoms with Gasteiger partial charge in [0.05, 0.1) is 11.0 Å². The Bertz CT molecular complexity index is 289. The predicted octanol–water partition coefficient (Wildman–Crippen LogP) is 1.18. The lowest BCUT2D eigenvalue weighted by Gasteiger charge is -2.39. The summed E-state index contributed by atoms with van der Waals surface area (Å²) in [5.74, 6) is -0.498. The van der Waals surface area contributed by atoms with E-state index >= 15 is 0 Å². The van der Waals surface area contributed by atoms with Gasteiger partial charge in [-0.25, -0.2) is 0 Å². The molecule has 2 N–H and O–H groups in total. The van der Waals surface area contributed by atoms with Crippen LogP contribution in [0.5, 0.6) is 0 Å². The van der Waals surface area contributed by atoms with Gasteiger partial charge in [0.1, 0.15) is 6.16 Å². The molecule has 0 saturated carbocycles. The highest BCUT2D eigenvalue weighted by atomic mass is 31.2. The molecule has 0 amide bonds. The maximum absolute atomic E-state index is 11.7. The second-order valence-electron chi connectivity index (χ2n) is 4.59. The van der Waals surface area contributed by atoms with Gasteiger partial charge in [0.25, 0.3) is 0 Å². The zero-order valence-electron chi connectivity index (χ0n) is 9.77. The van der Waals surface area contributed by atoms with Crippen LogP contribution in [0.3, 0.4) is 0 Å². The van der Waals surface area contributed by atoms with Crippen LogP contribution in [0.4, 0.5) is 0 Å². The minimum atomic E-state index is -4.30. The molecule has 0 aliphatic heterocycles. The van der Waals surface area contributed by atoms with Crippen LogP contribution < -0.4 is 0 Å². The average Bonchev–Trinajstić information content (AvgIpc) is 2.00. The number of carbonyl (C=O) groups is 1. The molecule has 90 valence electrons. The van der Waals surface area contributed by atoms with E-state index in [9.17, 15) is 9.36 Å². The molecule has 0 aliphatic carbocycles. The van der Waals surface area contributed by atoms with Crippen molar-refractivity contribution in [2.45, 2.75) is 33.3 Å². The minimum Gasteiger partial charge on any atom is -0.378 e. The number of ketones is 1. The second kappa shape index (κ2) is 4.34. The molecule has 6 heteroatoms. The fourth-order valence-corrected chi connectivity index (χ4v) is 1.75. The van der Waals surface area contributed by atoms with E-state index in [1.807, 2.05) is 0 Å². The van der Waals surface area contributed by atoms with Crippen LogP contribution in [0, 0.1) is 5.41 Å². The third-order valence-corrected chi connectivity index (χ3v) is 3.76. The van der Waals surface area contributed by atoms with E-state index in [0.29, 0.717) is 0 Å². The van der Waals surface area contributed by atoms with E-state index in [1.54, 1.807) is 27.7 Å². The van der Waals surface area contributed by atoms with Crippen molar-refractivity contribution < 1.29 is 23.9 Å². The maximum atomic E-state index is 11.7. The first kappa shape index (κ1) is 14.8. The van der Waals surface area contributed by atoms with E-state index in [0.717, 1.165) is 0 Å². The molecule has 0 unspecified atom stereocenters. The summed E-state index contributed by atoms with van der Waals surface area (Å²) in [5, 5.41) is 0. The summed E-state index contributed by atoms with van der Waals surface area (Å²) in [5.41, 5.74) is -1.71. The van der Waals surface area contributed by atoms with Crippen LogP contribution in [0.25, 0.3) is 0 Å². The molecule has 0 atom stereocenters. The van der Waals surface area contributed by atoms with E-state index in [1.165, 1.54) is 7.11 Å². The first-order valence-electron chi connectivity index (χ1n) is 4.57. The van der Waals surface area contributed by atoms with Gasteiger partial charge in [-0.15, -0.1) is 0 Å². The summed E-state index contributed by atoms with van der Waals surface area (Å²) < 4.78 is 15.9. The normalized spacial score (nSPS) is 14.1. The third kappa shape index (κ3) is 3.68.